The van der Waals surface area contributed by atoms with E-state index in [9.17, 15) is 13.9 Å². The number of anilines is 2. The number of rotatable bonds is 6. The highest BCUT2D eigenvalue weighted by atomic mass is 19.3. The first kappa shape index (κ1) is 23.2. The summed E-state index contributed by atoms with van der Waals surface area (Å²) in [4.78, 5) is 6.71. The topological polar surface area (TPSA) is 83.4 Å². The van der Waals surface area contributed by atoms with Gasteiger partial charge in [-0.1, -0.05) is 12.1 Å². The third-order valence-electron chi connectivity index (χ3n) is 5.88. The molecular weight excluding hydrogens is 435 g/mol. The molecule has 0 saturated carbocycles. The molecule has 1 unspecified atom stereocenters. The zero-order valence-electron chi connectivity index (χ0n) is 18.6. The van der Waals surface area contributed by atoms with Gasteiger partial charge in [0.1, 0.15) is 11.9 Å². The Morgan fingerprint density at radius 1 is 1.18 bits per heavy atom. The molecule has 2 N–H and O–H groups in total. The van der Waals surface area contributed by atoms with Crippen molar-refractivity contribution in [2.45, 2.75) is 38.8 Å². The molecule has 3 heterocycles. The van der Waals surface area contributed by atoms with Crippen LogP contribution in [0.1, 0.15) is 36.7 Å². The van der Waals surface area contributed by atoms with Gasteiger partial charge < -0.3 is 20.1 Å². The van der Waals surface area contributed by atoms with Crippen LogP contribution in [0.5, 0.6) is 0 Å². The van der Waals surface area contributed by atoms with Gasteiger partial charge in [0.05, 0.1) is 47.9 Å². The highest BCUT2D eigenvalue weighted by Crippen LogP contribution is 2.36. The summed E-state index contributed by atoms with van der Waals surface area (Å²) in [6.45, 7) is 7.10. The van der Waals surface area contributed by atoms with E-state index in [1.807, 2.05) is 6.07 Å². The number of alkyl halides is 2. The maximum Gasteiger partial charge on any atom is 0.301 e. The second kappa shape index (κ2) is 9.11. The van der Waals surface area contributed by atoms with Crippen LogP contribution < -0.4 is 10.2 Å². The number of hydrogen-bond acceptors (Lipinski definition) is 7. The predicted octanol–water partition coefficient (Wildman–Crippen LogP) is 3.95. The number of halogens is 3. The monoisotopic (exact) mass is 461 g/mol. The Bertz CT molecular complexity index is 1150. The summed E-state index contributed by atoms with van der Waals surface area (Å²) in [6, 6.07) is 4.99. The quantitative estimate of drug-likeness (QED) is 0.575. The van der Waals surface area contributed by atoms with Crippen molar-refractivity contribution in [2.24, 2.45) is 0 Å². The Balaban J connectivity index is 1.70. The average Bonchev–Trinajstić information content (AvgIpc) is 2.81. The van der Waals surface area contributed by atoms with Gasteiger partial charge in [-0.3, -0.25) is 4.98 Å². The van der Waals surface area contributed by atoms with Crippen molar-refractivity contribution in [3.05, 3.63) is 53.1 Å². The first-order chi connectivity index (χ1) is 15.7. The molecule has 1 saturated heterocycles. The summed E-state index contributed by atoms with van der Waals surface area (Å²) >= 11 is 0. The van der Waals surface area contributed by atoms with Crippen LogP contribution in [0, 0.1) is 12.7 Å². The lowest BCUT2D eigenvalue weighted by Gasteiger charge is -2.29. The van der Waals surface area contributed by atoms with Crippen molar-refractivity contribution in [1.29, 1.82) is 0 Å². The molecule has 1 fully saturated rings. The molecular formula is C23H26F3N5O2. The van der Waals surface area contributed by atoms with Crippen LogP contribution in [-0.2, 0) is 10.7 Å². The predicted molar refractivity (Wildman–Crippen MR) is 119 cm³/mol. The lowest BCUT2D eigenvalue weighted by Crippen LogP contribution is -2.36. The summed E-state index contributed by atoms with van der Waals surface area (Å²) in [5.41, 5.74) is 1.37. The second-order valence-corrected chi connectivity index (χ2v) is 8.20. The van der Waals surface area contributed by atoms with Crippen LogP contribution >= 0.6 is 0 Å². The molecule has 1 aromatic carbocycles. The maximum atomic E-state index is 15.1. The molecule has 4 rings (SSSR count). The standard InChI is InChI=1S/C23H26F3N5O2/c1-13(17-5-4-6-19(20(17)24)23(25,26)15(3)32)28-22-18-11-16(31-7-9-33-10-8-31)12-27-21(18)14(2)29-30-22/h4-6,11-13,15,32H,7-10H2,1-3H3,(H,28,30)/t13-,15?/m1/s1. The van der Waals surface area contributed by atoms with E-state index in [1.54, 1.807) is 20.0 Å². The lowest BCUT2D eigenvalue weighted by molar-refractivity contribution is -0.108. The number of pyridine rings is 1. The van der Waals surface area contributed by atoms with Gasteiger partial charge in [-0.25, -0.2) is 4.39 Å². The number of nitrogens with one attached hydrogen (secondary N) is 1. The van der Waals surface area contributed by atoms with Crippen LogP contribution in [0.15, 0.2) is 30.5 Å². The van der Waals surface area contributed by atoms with E-state index in [4.69, 9.17) is 4.74 Å². The lowest BCUT2D eigenvalue weighted by atomic mass is 9.97. The molecule has 7 nitrogen and oxygen atoms in total. The third-order valence-corrected chi connectivity index (χ3v) is 5.88. The molecule has 0 radical (unpaired) electrons. The van der Waals surface area contributed by atoms with E-state index in [0.29, 0.717) is 35.6 Å². The Morgan fingerprint density at radius 2 is 1.91 bits per heavy atom. The fourth-order valence-corrected chi connectivity index (χ4v) is 3.90. The van der Waals surface area contributed by atoms with Gasteiger partial charge in [0.25, 0.3) is 0 Å². The SMILES string of the molecule is Cc1nnc(N[C@H](C)c2cccc(C(F)(F)C(C)O)c2F)c2cc(N3CCOCC3)cnc12. The minimum Gasteiger partial charge on any atom is -0.387 e. The fraction of sp³-hybridized carbons (Fsp3) is 0.435. The number of nitrogens with zero attached hydrogens (tertiary/aromatic N) is 4. The Morgan fingerprint density at radius 3 is 2.61 bits per heavy atom. The van der Waals surface area contributed by atoms with E-state index in [-0.39, 0.29) is 5.56 Å². The molecule has 10 heteroatoms. The molecule has 2 aromatic heterocycles. The minimum absolute atomic E-state index is 0.0284. The van der Waals surface area contributed by atoms with E-state index in [0.717, 1.165) is 31.8 Å². The highest BCUT2D eigenvalue weighted by molar-refractivity contribution is 5.92. The number of aliphatic hydroxyl groups is 1. The van der Waals surface area contributed by atoms with Gasteiger partial charge in [0.15, 0.2) is 5.82 Å². The Hall–Kier alpha value is -2.98. The maximum absolute atomic E-state index is 15.1. The molecule has 3 aromatic rings. The van der Waals surface area contributed by atoms with Crippen LogP contribution in [0.25, 0.3) is 10.9 Å². The average molecular weight is 461 g/mol. The highest BCUT2D eigenvalue weighted by Gasteiger charge is 2.40. The summed E-state index contributed by atoms with van der Waals surface area (Å²) < 4.78 is 49.1. The molecule has 1 aliphatic heterocycles. The number of ether oxygens (including phenoxy) is 1. The number of morpholine rings is 1. The van der Waals surface area contributed by atoms with Crippen LogP contribution in [0.3, 0.4) is 0 Å². The Kier molecular flexibility index (Phi) is 6.40. The molecule has 0 amide bonds. The molecule has 176 valence electrons. The minimum atomic E-state index is -3.72. The van der Waals surface area contributed by atoms with Crippen molar-refractivity contribution in [2.75, 3.05) is 36.5 Å². The molecule has 0 bridgehead atoms. The first-order valence-electron chi connectivity index (χ1n) is 10.8. The second-order valence-electron chi connectivity index (χ2n) is 8.20. The van der Waals surface area contributed by atoms with E-state index in [2.05, 4.69) is 25.4 Å². The summed E-state index contributed by atoms with van der Waals surface area (Å²) in [5.74, 6) is -4.41. The van der Waals surface area contributed by atoms with Crippen molar-refractivity contribution in [3.8, 4) is 0 Å². The van der Waals surface area contributed by atoms with Gasteiger partial charge in [-0.15, -0.1) is 5.10 Å². The van der Waals surface area contributed by atoms with E-state index < -0.39 is 29.4 Å². The van der Waals surface area contributed by atoms with Gasteiger partial charge in [0.2, 0.25) is 0 Å². The van der Waals surface area contributed by atoms with E-state index >= 15 is 4.39 Å². The van der Waals surface area contributed by atoms with Gasteiger partial charge in [-0.2, -0.15) is 13.9 Å². The largest absolute Gasteiger partial charge is 0.387 e. The van der Waals surface area contributed by atoms with Gasteiger partial charge >= 0.3 is 5.92 Å². The number of aliphatic hydroxyl groups excluding tert-OH is 1. The fourth-order valence-electron chi connectivity index (χ4n) is 3.90. The van der Waals surface area contributed by atoms with Gasteiger partial charge in [0, 0.05) is 24.0 Å². The van der Waals surface area contributed by atoms with Crippen LogP contribution in [-0.4, -0.2) is 52.7 Å². The van der Waals surface area contributed by atoms with Crippen molar-refractivity contribution < 1.29 is 23.0 Å². The molecule has 0 aliphatic carbocycles. The van der Waals surface area contributed by atoms with Crippen molar-refractivity contribution >= 4 is 22.4 Å². The number of hydrogen-bond donors (Lipinski definition) is 2. The molecule has 0 spiro atoms. The molecule has 1 aliphatic rings. The zero-order valence-corrected chi connectivity index (χ0v) is 18.6. The first-order valence-corrected chi connectivity index (χ1v) is 10.8. The zero-order chi connectivity index (χ0) is 23.8. The van der Waals surface area contributed by atoms with Crippen molar-refractivity contribution in [3.63, 3.8) is 0 Å². The number of aromatic nitrogens is 3. The number of benzene rings is 1. The summed E-state index contributed by atoms with van der Waals surface area (Å²) in [5, 5.41) is 21.6. The molecule has 33 heavy (non-hydrogen) atoms. The summed E-state index contributed by atoms with van der Waals surface area (Å²) in [6.07, 6.45) is -0.251. The van der Waals surface area contributed by atoms with Crippen molar-refractivity contribution in [1.82, 2.24) is 15.2 Å². The van der Waals surface area contributed by atoms with Gasteiger partial charge in [-0.05, 0) is 32.9 Å². The van der Waals surface area contributed by atoms with Crippen LogP contribution in [0.4, 0.5) is 24.7 Å². The molecule has 2 atom stereocenters. The Labute approximate surface area is 189 Å². The third kappa shape index (κ3) is 4.45. The van der Waals surface area contributed by atoms with E-state index in [1.165, 1.54) is 12.1 Å². The number of aryl methyl sites for hydroxylation is 1. The summed E-state index contributed by atoms with van der Waals surface area (Å²) in [7, 11) is 0. The smallest absolute Gasteiger partial charge is 0.301 e. The number of fused-ring (bicyclic) bond motifs is 1. The normalized spacial score (nSPS) is 16.6. The van der Waals surface area contributed by atoms with Crippen LogP contribution in [0.2, 0.25) is 0 Å².